The van der Waals surface area contributed by atoms with E-state index in [1.807, 2.05) is 0 Å². The van der Waals surface area contributed by atoms with Crippen molar-refractivity contribution >= 4 is 9.12 Å². The molecule has 13 heavy (non-hydrogen) atoms. The van der Waals surface area contributed by atoms with E-state index in [4.69, 9.17) is 0 Å². The molecular weight excluding hydrogens is 172 g/mol. The van der Waals surface area contributed by atoms with Gasteiger partial charge >= 0.3 is 0 Å². The fourth-order valence-corrected chi connectivity index (χ4v) is 2.90. The van der Waals surface area contributed by atoms with Crippen molar-refractivity contribution in [1.82, 2.24) is 0 Å². The lowest BCUT2D eigenvalue weighted by Crippen LogP contribution is -1.78. The summed E-state index contributed by atoms with van der Waals surface area (Å²) in [4.78, 5) is 0. The van der Waals surface area contributed by atoms with Crippen LogP contribution < -0.4 is 0 Å². The van der Waals surface area contributed by atoms with Crippen LogP contribution in [0.2, 0.25) is 0 Å². The van der Waals surface area contributed by atoms with Gasteiger partial charge in [0.25, 0.3) is 0 Å². The second-order valence-electron chi connectivity index (χ2n) is 3.32. The van der Waals surface area contributed by atoms with Gasteiger partial charge in [0.1, 0.15) is 0 Å². The van der Waals surface area contributed by atoms with Gasteiger partial charge in [-0.15, -0.1) is 0 Å². The summed E-state index contributed by atoms with van der Waals surface area (Å²) in [5, 5.41) is 0. The Morgan fingerprint density at radius 3 is 2.69 bits per heavy atom. The second-order valence-corrected chi connectivity index (χ2v) is 4.42. The molecule has 0 atom stereocenters. The number of benzene rings is 1. The molecule has 0 N–H and O–H groups in total. The average Bonchev–Trinajstić information content (AvgIpc) is 2.56. The van der Waals surface area contributed by atoms with E-state index >= 15 is 0 Å². The standard InChI is InChI=1S/C12H9Si/c1-2-4-11-9(3-1)7-10-5-6-13-8-12(10)11/h1-8,13H. The van der Waals surface area contributed by atoms with Crippen LogP contribution in [0.1, 0.15) is 11.1 Å². The Bertz CT molecular complexity index is 417. The zero-order chi connectivity index (χ0) is 8.67. The normalized spacial score (nSPS) is 12.3. The Labute approximate surface area is 80.0 Å². The maximum absolute atomic E-state index is 2.39. The lowest BCUT2D eigenvalue weighted by molar-refractivity contribution is 1.56. The van der Waals surface area contributed by atoms with Crippen molar-refractivity contribution in [2.24, 2.45) is 0 Å². The van der Waals surface area contributed by atoms with E-state index in [-0.39, 0.29) is 0 Å². The average molecular weight is 181 g/mol. The third-order valence-electron chi connectivity index (χ3n) is 2.52. The van der Waals surface area contributed by atoms with Crippen LogP contribution in [0.25, 0.3) is 11.1 Å². The molecular formula is C12H9Si. The molecule has 0 saturated carbocycles. The third-order valence-corrected chi connectivity index (χ3v) is 3.46. The monoisotopic (exact) mass is 181 g/mol. The molecule has 0 fully saturated rings. The number of rotatable bonds is 0. The molecule has 1 heterocycles. The lowest BCUT2D eigenvalue weighted by atomic mass is 10.1. The summed E-state index contributed by atoms with van der Waals surface area (Å²) in [6, 6.07) is 10.9. The van der Waals surface area contributed by atoms with Crippen LogP contribution in [0.3, 0.4) is 0 Å². The van der Waals surface area contributed by atoms with Crippen LogP contribution in [0.5, 0.6) is 0 Å². The zero-order valence-corrected chi connectivity index (χ0v) is 8.35. The molecule has 2 aromatic rings. The van der Waals surface area contributed by atoms with Crippen molar-refractivity contribution in [3.8, 4) is 11.1 Å². The molecule has 0 saturated heterocycles. The summed E-state index contributed by atoms with van der Waals surface area (Å²) in [5.74, 6) is 0. The van der Waals surface area contributed by atoms with Crippen molar-refractivity contribution in [3.63, 3.8) is 0 Å². The smallest absolute Gasteiger partial charge is 0.0211 e. The van der Waals surface area contributed by atoms with Gasteiger partial charge in [-0.1, -0.05) is 41.7 Å². The predicted molar refractivity (Wildman–Crippen MR) is 57.1 cm³/mol. The highest BCUT2D eigenvalue weighted by molar-refractivity contribution is 6.28. The Hall–Kier alpha value is -1.21. The van der Waals surface area contributed by atoms with Gasteiger partial charge in [-0.3, -0.25) is 0 Å². The van der Waals surface area contributed by atoms with Crippen LogP contribution in [-0.4, -0.2) is 9.12 Å². The van der Waals surface area contributed by atoms with Crippen molar-refractivity contribution in [3.05, 3.63) is 59.2 Å². The van der Waals surface area contributed by atoms with Gasteiger partial charge in [-0.2, -0.15) is 0 Å². The summed E-state index contributed by atoms with van der Waals surface area (Å²) in [7, 11) is 0.389. The predicted octanol–water partition coefficient (Wildman–Crippen LogP) is 2.34. The van der Waals surface area contributed by atoms with Crippen LogP contribution in [0, 0.1) is 6.42 Å². The highest BCUT2D eigenvalue weighted by Crippen LogP contribution is 2.36. The van der Waals surface area contributed by atoms with Gasteiger partial charge < -0.3 is 0 Å². The van der Waals surface area contributed by atoms with Crippen LogP contribution in [-0.2, 0) is 0 Å². The molecule has 0 aliphatic heterocycles. The maximum atomic E-state index is 2.39. The maximum Gasteiger partial charge on any atom is 0.0211 e. The van der Waals surface area contributed by atoms with Gasteiger partial charge in [0.2, 0.25) is 0 Å². The molecule has 3 rings (SSSR count). The molecule has 0 spiro atoms. The lowest BCUT2D eigenvalue weighted by Gasteiger charge is -1.98. The molecule has 0 unspecified atom stereocenters. The molecule has 0 nitrogen and oxygen atoms in total. The van der Waals surface area contributed by atoms with Crippen molar-refractivity contribution in [1.29, 1.82) is 0 Å². The van der Waals surface area contributed by atoms with Crippen LogP contribution >= 0.6 is 0 Å². The largest absolute Gasteiger partial charge is 0.0802 e. The van der Waals surface area contributed by atoms with Crippen LogP contribution in [0.4, 0.5) is 0 Å². The summed E-state index contributed by atoms with van der Waals surface area (Å²) in [6.07, 6.45) is 2.27. The van der Waals surface area contributed by atoms with Gasteiger partial charge in [0, 0.05) is 15.5 Å². The minimum Gasteiger partial charge on any atom is -0.0802 e. The van der Waals surface area contributed by atoms with Gasteiger partial charge in [0.15, 0.2) is 0 Å². The number of fused-ring (bicyclic) bond motifs is 3. The second kappa shape index (κ2) is 2.64. The SMILES string of the molecule is [CH]1c2ccccc2-c2c[siH]ccc21. The Balaban J connectivity index is 2.32. The van der Waals surface area contributed by atoms with Gasteiger partial charge in [0.05, 0.1) is 0 Å². The fraction of sp³-hybridized carbons (Fsp3) is 0. The van der Waals surface area contributed by atoms with E-state index in [9.17, 15) is 0 Å². The van der Waals surface area contributed by atoms with Gasteiger partial charge in [-0.25, -0.2) is 0 Å². The molecule has 1 aromatic heterocycles. The Kier molecular flexibility index (Phi) is 1.46. The Morgan fingerprint density at radius 1 is 0.846 bits per heavy atom. The van der Waals surface area contributed by atoms with E-state index in [1.54, 1.807) is 0 Å². The minimum absolute atomic E-state index is 0.389. The van der Waals surface area contributed by atoms with Crippen molar-refractivity contribution < 1.29 is 0 Å². The number of hydrogen-bond donors (Lipinski definition) is 0. The summed E-state index contributed by atoms with van der Waals surface area (Å²) >= 11 is 0. The zero-order valence-electron chi connectivity index (χ0n) is 7.20. The van der Waals surface area contributed by atoms with E-state index in [0.29, 0.717) is 9.12 Å². The van der Waals surface area contributed by atoms with E-state index in [1.165, 1.54) is 22.3 Å². The highest BCUT2D eigenvalue weighted by Gasteiger charge is 2.16. The van der Waals surface area contributed by atoms with E-state index in [2.05, 4.69) is 48.1 Å². The first-order valence-electron chi connectivity index (χ1n) is 4.48. The minimum atomic E-state index is 0.389. The quantitative estimate of drug-likeness (QED) is 0.467. The first-order valence-corrected chi connectivity index (χ1v) is 5.82. The summed E-state index contributed by atoms with van der Waals surface area (Å²) < 4.78 is 0. The molecule has 61 valence electrons. The van der Waals surface area contributed by atoms with E-state index < -0.39 is 0 Å². The molecule has 1 aliphatic rings. The Morgan fingerprint density at radius 2 is 1.69 bits per heavy atom. The van der Waals surface area contributed by atoms with Crippen molar-refractivity contribution in [2.75, 3.05) is 0 Å². The first-order chi connectivity index (χ1) is 6.45. The molecule has 1 radical (unpaired) electrons. The first kappa shape index (κ1) is 7.22. The molecule has 0 amide bonds. The molecule has 1 heteroatoms. The van der Waals surface area contributed by atoms with E-state index in [0.717, 1.165) is 0 Å². The molecule has 1 aliphatic carbocycles. The summed E-state index contributed by atoms with van der Waals surface area (Å²) in [5.41, 5.74) is 10.3. The molecule has 1 aromatic carbocycles. The molecule has 0 bridgehead atoms. The number of hydrogen-bond acceptors (Lipinski definition) is 0. The van der Waals surface area contributed by atoms with Crippen molar-refractivity contribution in [2.45, 2.75) is 0 Å². The summed E-state index contributed by atoms with van der Waals surface area (Å²) in [6.45, 7) is 0. The highest BCUT2D eigenvalue weighted by atomic mass is 28.2. The fourth-order valence-electron chi connectivity index (χ4n) is 1.90. The third kappa shape index (κ3) is 1.01. The topological polar surface area (TPSA) is 0 Å². The van der Waals surface area contributed by atoms with Crippen LogP contribution in [0.15, 0.2) is 41.7 Å². The van der Waals surface area contributed by atoms with Gasteiger partial charge in [-0.05, 0) is 22.3 Å².